The topological polar surface area (TPSA) is 143 Å². The molecule has 0 aromatic heterocycles. The SMILES string of the molecule is [Co].[NH-]CCCC[NH-].[NH-]CC[NH-].[NH-]CC[NH-]. The predicted octanol–water partition coefficient (Wildman–Crippen LogP) is 4.05. The molecule has 0 unspecified atom stereocenters. The maximum Gasteiger partial charge on any atom is 0 e. The van der Waals surface area contributed by atoms with Crippen LogP contribution < -0.4 is 0 Å². The summed E-state index contributed by atoms with van der Waals surface area (Å²) >= 11 is 0. The van der Waals surface area contributed by atoms with Crippen molar-refractivity contribution < 1.29 is 16.8 Å². The first-order valence-electron chi connectivity index (χ1n) is 4.62. The van der Waals surface area contributed by atoms with E-state index in [4.69, 9.17) is 34.4 Å². The normalized spacial score (nSPS) is 7.60. The molecule has 0 saturated carbocycles. The summed E-state index contributed by atoms with van der Waals surface area (Å²) in [5, 5.41) is 0. The molecule has 0 aromatic rings. The van der Waals surface area contributed by atoms with Crippen LogP contribution in [0.5, 0.6) is 0 Å². The van der Waals surface area contributed by atoms with Crippen LogP contribution in [0.2, 0.25) is 0 Å². The quantitative estimate of drug-likeness (QED) is 0.657. The van der Waals surface area contributed by atoms with Gasteiger partial charge in [0, 0.05) is 16.8 Å². The average molecular weight is 261 g/mol. The number of hydrogen-bond donors (Lipinski definition) is 0. The third kappa shape index (κ3) is 77.4. The van der Waals surface area contributed by atoms with E-state index in [9.17, 15) is 0 Å². The van der Waals surface area contributed by atoms with Crippen molar-refractivity contribution in [3.05, 3.63) is 34.4 Å². The molecular formula is C8H22CoN6-6. The number of nitrogens with one attached hydrogen (secondary N) is 6. The largest absolute Gasteiger partial charge is 0.679 e. The van der Waals surface area contributed by atoms with E-state index in [2.05, 4.69) is 0 Å². The molecule has 6 nitrogen and oxygen atoms in total. The molecule has 1 radical (unpaired) electrons. The van der Waals surface area contributed by atoms with Crippen molar-refractivity contribution in [1.82, 2.24) is 0 Å². The van der Waals surface area contributed by atoms with Gasteiger partial charge in [-0.25, -0.2) is 0 Å². The summed E-state index contributed by atoms with van der Waals surface area (Å²) in [6, 6.07) is 0. The Morgan fingerprint density at radius 2 is 0.600 bits per heavy atom. The molecule has 15 heavy (non-hydrogen) atoms. The maximum atomic E-state index is 6.62. The van der Waals surface area contributed by atoms with Crippen molar-refractivity contribution in [3.8, 4) is 0 Å². The van der Waals surface area contributed by atoms with Gasteiger partial charge in [0.25, 0.3) is 0 Å². The van der Waals surface area contributed by atoms with Crippen molar-refractivity contribution >= 4 is 0 Å². The van der Waals surface area contributed by atoms with Crippen LogP contribution in [0, 0.1) is 0 Å². The molecule has 0 fully saturated rings. The Hall–Kier alpha value is 0.266. The third-order valence-corrected chi connectivity index (χ3v) is 0.854. The zero-order valence-corrected chi connectivity index (χ0v) is 10.0. The van der Waals surface area contributed by atoms with Crippen molar-refractivity contribution in [2.75, 3.05) is 39.3 Å². The zero-order valence-electron chi connectivity index (χ0n) is 8.99. The number of unbranched alkanes of at least 4 members (excludes halogenated alkanes) is 1. The van der Waals surface area contributed by atoms with Crippen molar-refractivity contribution in [3.63, 3.8) is 0 Å². The van der Waals surface area contributed by atoms with Crippen LogP contribution in [0.15, 0.2) is 0 Å². The molecular weight excluding hydrogens is 239 g/mol. The molecule has 0 heterocycles. The summed E-state index contributed by atoms with van der Waals surface area (Å²) in [5.41, 5.74) is 38.3. The van der Waals surface area contributed by atoms with Crippen LogP contribution in [-0.2, 0) is 16.8 Å². The molecule has 7 heteroatoms. The Balaban J connectivity index is -0.0000000606. The summed E-state index contributed by atoms with van der Waals surface area (Å²) in [6.07, 6.45) is 1.78. The molecule has 0 aliphatic carbocycles. The summed E-state index contributed by atoms with van der Waals surface area (Å²) in [5.74, 6) is 0. The Labute approximate surface area is 104 Å². The van der Waals surface area contributed by atoms with Crippen LogP contribution in [0.3, 0.4) is 0 Å². The second-order valence-corrected chi connectivity index (χ2v) is 2.21. The van der Waals surface area contributed by atoms with Crippen LogP contribution >= 0.6 is 0 Å². The van der Waals surface area contributed by atoms with Gasteiger partial charge < -0.3 is 34.4 Å². The van der Waals surface area contributed by atoms with Gasteiger partial charge in [-0.15, -0.1) is 0 Å². The van der Waals surface area contributed by atoms with Gasteiger partial charge in [0.15, 0.2) is 0 Å². The van der Waals surface area contributed by atoms with Crippen LogP contribution in [0.25, 0.3) is 34.4 Å². The van der Waals surface area contributed by atoms with Crippen molar-refractivity contribution in [2.45, 2.75) is 12.8 Å². The molecule has 0 aromatic carbocycles. The summed E-state index contributed by atoms with van der Waals surface area (Å²) in [6.45, 7) is 1.91. The summed E-state index contributed by atoms with van der Waals surface area (Å²) in [7, 11) is 0. The summed E-state index contributed by atoms with van der Waals surface area (Å²) < 4.78 is 0. The van der Waals surface area contributed by atoms with Gasteiger partial charge in [0.2, 0.25) is 0 Å². The molecule has 0 aliphatic heterocycles. The molecule has 0 bridgehead atoms. The predicted molar refractivity (Wildman–Crippen MR) is 64.4 cm³/mol. The maximum absolute atomic E-state index is 6.62. The fraction of sp³-hybridized carbons (Fsp3) is 1.00. The minimum Gasteiger partial charge on any atom is -0.679 e. The molecule has 0 atom stereocenters. The van der Waals surface area contributed by atoms with E-state index in [0.717, 1.165) is 12.8 Å². The van der Waals surface area contributed by atoms with Gasteiger partial charge in [0.05, 0.1) is 0 Å². The standard InChI is InChI=1S/C4H10N2.2C2H6N2.Co/c5-3-1-2-4-6;2*3-1-2-4;/h5-6H,1-4H2;2*3-4H,1-2H2;/q3*-2;. The van der Waals surface area contributed by atoms with Crippen LogP contribution in [0.4, 0.5) is 0 Å². The third-order valence-electron chi connectivity index (χ3n) is 0.854. The van der Waals surface area contributed by atoms with Gasteiger partial charge in [-0.05, 0) is 0 Å². The second-order valence-electron chi connectivity index (χ2n) is 2.21. The van der Waals surface area contributed by atoms with E-state index in [1.165, 1.54) is 0 Å². The zero-order chi connectivity index (χ0) is 11.7. The smallest absolute Gasteiger partial charge is 0 e. The number of hydrogen-bond acceptors (Lipinski definition) is 0. The van der Waals surface area contributed by atoms with Gasteiger partial charge >= 0.3 is 0 Å². The Bertz CT molecular complexity index is 55.1. The fourth-order valence-corrected chi connectivity index (χ4v) is 0.250. The molecule has 0 rings (SSSR count). The minimum absolute atomic E-state index is 0. The molecule has 6 N–H and O–H groups in total. The van der Waals surface area contributed by atoms with Crippen LogP contribution in [0.1, 0.15) is 12.8 Å². The Morgan fingerprint density at radius 1 is 0.400 bits per heavy atom. The first kappa shape index (κ1) is 24.5. The number of rotatable bonds is 5. The van der Waals surface area contributed by atoms with E-state index in [1.807, 2.05) is 0 Å². The van der Waals surface area contributed by atoms with E-state index in [0.29, 0.717) is 13.1 Å². The van der Waals surface area contributed by atoms with Gasteiger partial charge in [0.1, 0.15) is 0 Å². The summed E-state index contributed by atoms with van der Waals surface area (Å²) in [4.78, 5) is 0. The van der Waals surface area contributed by atoms with E-state index >= 15 is 0 Å². The molecule has 0 aliphatic rings. The molecule has 0 spiro atoms. The van der Waals surface area contributed by atoms with Crippen molar-refractivity contribution in [1.29, 1.82) is 0 Å². The first-order chi connectivity index (χ1) is 6.74. The van der Waals surface area contributed by atoms with E-state index in [1.54, 1.807) is 0 Å². The van der Waals surface area contributed by atoms with E-state index < -0.39 is 0 Å². The average Bonchev–Trinajstić information content (AvgIpc) is 2.27. The molecule has 99 valence electrons. The molecule has 0 saturated heterocycles. The van der Waals surface area contributed by atoms with Gasteiger partial charge in [-0.1, -0.05) is 12.8 Å². The first-order valence-corrected chi connectivity index (χ1v) is 4.62. The fourth-order valence-electron chi connectivity index (χ4n) is 0.250. The molecule has 0 amide bonds. The second kappa shape index (κ2) is 36.7. The Kier molecular flexibility index (Phi) is 60.0. The monoisotopic (exact) mass is 261 g/mol. The van der Waals surface area contributed by atoms with Gasteiger partial charge in [-0.2, -0.15) is 39.3 Å². The van der Waals surface area contributed by atoms with Gasteiger partial charge in [-0.3, -0.25) is 0 Å². The minimum atomic E-state index is 0. The van der Waals surface area contributed by atoms with Crippen molar-refractivity contribution in [2.24, 2.45) is 0 Å². The Morgan fingerprint density at radius 3 is 0.667 bits per heavy atom. The van der Waals surface area contributed by atoms with E-state index in [-0.39, 0.29) is 43.0 Å². The van der Waals surface area contributed by atoms with Crippen LogP contribution in [-0.4, -0.2) is 39.3 Å².